The van der Waals surface area contributed by atoms with Crippen LogP contribution >= 0.6 is 0 Å². The van der Waals surface area contributed by atoms with Crippen molar-refractivity contribution in [2.45, 2.75) is 178 Å². The summed E-state index contributed by atoms with van der Waals surface area (Å²) in [5.74, 6) is 2.43. The van der Waals surface area contributed by atoms with Gasteiger partial charge in [0.25, 0.3) is 0 Å². The minimum absolute atomic E-state index is 0.0148. The summed E-state index contributed by atoms with van der Waals surface area (Å²) in [6, 6.07) is 0.0312. The van der Waals surface area contributed by atoms with Gasteiger partial charge in [0.1, 0.15) is 12.4 Å². The maximum Gasteiger partial charge on any atom is 0.307 e. The smallest absolute Gasteiger partial charge is 0.307 e. The zero-order chi connectivity index (χ0) is 40.1. The highest BCUT2D eigenvalue weighted by Crippen LogP contribution is 2.77. The lowest BCUT2D eigenvalue weighted by atomic mass is 9.32. The number of hydrogen-bond donors (Lipinski definition) is 1. The molecular weight excluding hydrogens is 685 g/mol. The number of carbonyl (C=O) groups excluding carboxylic acids is 4. The van der Waals surface area contributed by atoms with Crippen LogP contribution in [0.4, 0.5) is 0 Å². The summed E-state index contributed by atoms with van der Waals surface area (Å²) in [6.45, 7) is 29.1. The van der Waals surface area contributed by atoms with E-state index in [4.69, 9.17) is 4.74 Å². The number of nitrogens with one attached hydrogen (secondary N) is 1. The summed E-state index contributed by atoms with van der Waals surface area (Å²) < 4.78 is 6.26. The second-order valence-electron chi connectivity index (χ2n) is 23.0. The first kappa shape index (κ1) is 41.0. The van der Waals surface area contributed by atoms with Crippen molar-refractivity contribution < 1.29 is 23.9 Å². The van der Waals surface area contributed by atoms with E-state index in [1.54, 1.807) is 13.8 Å². The number of ether oxygens (including phenoxy) is 1. The van der Waals surface area contributed by atoms with Gasteiger partial charge in [-0.3, -0.25) is 14.4 Å². The van der Waals surface area contributed by atoms with Crippen LogP contribution in [0, 0.1) is 73.4 Å². The molecule has 55 heavy (non-hydrogen) atoms. The van der Waals surface area contributed by atoms with Gasteiger partial charge < -0.3 is 19.7 Å². The molecule has 6 saturated carbocycles. The van der Waals surface area contributed by atoms with E-state index in [1.807, 2.05) is 0 Å². The SMILES string of the molecule is C=C(C)[C@@H]1CC[C@]2(C(=O)NC3C[C@H](C(=O)N4CCCCC4)C3(C)C)CC[C@]3(C)C(CCC4[C@@]5(C)CC[C@H](OC(=O)CC(C)(C)C=O)C(C)(C)C5CC[C@]43C)C12. The molecule has 7 fully saturated rings. The van der Waals surface area contributed by atoms with Gasteiger partial charge in [-0.2, -0.15) is 0 Å². The fourth-order valence-electron chi connectivity index (χ4n) is 15.6. The average Bonchev–Trinajstić information content (AvgIpc) is 3.53. The fourth-order valence-corrected chi connectivity index (χ4v) is 15.6. The summed E-state index contributed by atoms with van der Waals surface area (Å²) in [7, 11) is 0. The minimum Gasteiger partial charge on any atom is -0.462 e. The minimum atomic E-state index is -0.713. The van der Waals surface area contributed by atoms with E-state index in [1.165, 1.54) is 24.8 Å². The Hall–Kier alpha value is -2.18. The van der Waals surface area contributed by atoms with Gasteiger partial charge in [0.05, 0.1) is 11.8 Å². The van der Waals surface area contributed by atoms with Crippen molar-refractivity contribution in [3.8, 4) is 0 Å². The van der Waals surface area contributed by atoms with E-state index in [-0.39, 0.29) is 68.9 Å². The Labute approximate surface area is 333 Å². The van der Waals surface area contributed by atoms with Crippen molar-refractivity contribution >= 4 is 24.1 Å². The Morgan fingerprint density at radius 3 is 2.15 bits per heavy atom. The van der Waals surface area contributed by atoms with Crippen LogP contribution in [-0.2, 0) is 23.9 Å². The van der Waals surface area contributed by atoms with Crippen molar-refractivity contribution in [3.63, 3.8) is 0 Å². The molecule has 0 spiro atoms. The molecule has 1 N–H and O–H groups in total. The molecule has 0 radical (unpaired) electrons. The van der Waals surface area contributed by atoms with Crippen molar-refractivity contribution in [2.75, 3.05) is 13.1 Å². The lowest BCUT2D eigenvalue weighted by Crippen LogP contribution is -2.68. The van der Waals surface area contributed by atoms with Crippen molar-refractivity contribution in [3.05, 3.63) is 12.2 Å². The molecule has 2 amide bonds. The standard InChI is InChI=1S/C48H76N2O5/c1-30(2)31-17-22-48(41(54)49-36-27-33(43(36,5)6)40(53)50-25-13-12-14-26-50)24-23-46(10)32(39(31)48)15-16-35-45(9)20-19-37(55-38(52)28-42(3,4)29-51)44(7,8)34(45)18-21-47(35,46)11/h29,31-37,39H,1,12-28H2,2-11H3,(H,49,54)/t31-,32?,33+,34?,35?,36?,37-,39?,45-,46+,47+,48-/m0/s1. The van der Waals surface area contributed by atoms with Crippen LogP contribution in [0.3, 0.4) is 0 Å². The van der Waals surface area contributed by atoms with E-state index in [0.29, 0.717) is 35.5 Å². The highest BCUT2D eigenvalue weighted by molar-refractivity contribution is 5.86. The van der Waals surface area contributed by atoms with Gasteiger partial charge in [0.2, 0.25) is 11.8 Å². The Bertz CT molecular complexity index is 1570. The summed E-state index contributed by atoms with van der Waals surface area (Å²) in [6.07, 6.45) is 15.6. The monoisotopic (exact) mass is 761 g/mol. The topological polar surface area (TPSA) is 92.8 Å². The second kappa shape index (κ2) is 13.7. The first-order chi connectivity index (χ1) is 25.6. The summed E-state index contributed by atoms with van der Waals surface area (Å²) >= 11 is 0. The van der Waals surface area contributed by atoms with E-state index in [9.17, 15) is 14.4 Å². The molecule has 7 rings (SSSR count). The number of hydrogen-bond acceptors (Lipinski definition) is 5. The van der Waals surface area contributed by atoms with Gasteiger partial charge in [-0.1, -0.05) is 74.5 Å². The molecule has 0 aromatic heterocycles. The van der Waals surface area contributed by atoms with Crippen LogP contribution in [0.25, 0.3) is 0 Å². The predicted octanol–water partition coefficient (Wildman–Crippen LogP) is 9.71. The van der Waals surface area contributed by atoms with Crippen LogP contribution in [0.2, 0.25) is 0 Å². The second-order valence-corrected chi connectivity index (χ2v) is 23.0. The number of likely N-dealkylation sites (tertiary alicyclic amines) is 1. The molecular formula is C48H76N2O5. The van der Waals surface area contributed by atoms with Crippen molar-refractivity contribution in [1.29, 1.82) is 0 Å². The highest BCUT2D eigenvalue weighted by Gasteiger charge is 2.72. The summed E-state index contributed by atoms with van der Waals surface area (Å²) in [5.41, 5.74) is 0.161. The zero-order valence-electron chi connectivity index (χ0n) is 36.4. The number of aldehydes is 1. The lowest BCUT2D eigenvalue weighted by molar-refractivity contribution is -0.249. The van der Waals surface area contributed by atoms with Crippen molar-refractivity contribution in [2.24, 2.45) is 73.4 Å². The molecule has 0 aromatic rings. The lowest BCUT2D eigenvalue weighted by Gasteiger charge is -2.73. The molecule has 5 unspecified atom stereocenters. The molecule has 7 nitrogen and oxygen atoms in total. The third-order valence-corrected chi connectivity index (χ3v) is 19.2. The van der Waals surface area contributed by atoms with E-state index in [2.05, 4.69) is 72.2 Å². The maximum absolute atomic E-state index is 15.0. The zero-order valence-corrected chi connectivity index (χ0v) is 36.4. The van der Waals surface area contributed by atoms with E-state index in [0.717, 1.165) is 90.0 Å². The van der Waals surface area contributed by atoms with Crippen LogP contribution in [-0.4, -0.2) is 54.2 Å². The average molecular weight is 761 g/mol. The number of carbonyl (C=O) groups is 4. The normalized spacial score (nSPS) is 44.4. The number of allylic oxidation sites excluding steroid dienone is 1. The third-order valence-electron chi connectivity index (χ3n) is 19.2. The molecule has 7 heteroatoms. The summed E-state index contributed by atoms with van der Waals surface area (Å²) in [5, 5.41) is 3.65. The predicted molar refractivity (Wildman–Crippen MR) is 218 cm³/mol. The van der Waals surface area contributed by atoms with Gasteiger partial charge in [-0.25, -0.2) is 0 Å². The van der Waals surface area contributed by atoms with Crippen LogP contribution in [0.15, 0.2) is 12.2 Å². The quantitative estimate of drug-likeness (QED) is 0.151. The Morgan fingerprint density at radius 2 is 1.51 bits per heavy atom. The fraction of sp³-hybridized carbons (Fsp3) is 0.875. The van der Waals surface area contributed by atoms with Crippen LogP contribution in [0.5, 0.6) is 0 Å². The highest BCUT2D eigenvalue weighted by atomic mass is 16.5. The van der Waals surface area contributed by atoms with Crippen LogP contribution < -0.4 is 5.32 Å². The number of amides is 2. The first-order valence-corrected chi connectivity index (χ1v) is 22.5. The van der Waals surface area contributed by atoms with Gasteiger partial charge in [0.15, 0.2) is 0 Å². The molecule has 7 aliphatic rings. The van der Waals surface area contributed by atoms with Crippen molar-refractivity contribution in [1.82, 2.24) is 10.2 Å². The number of fused-ring (bicyclic) bond motifs is 7. The van der Waals surface area contributed by atoms with Gasteiger partial charge >= 0.3 is 5.97 Å². The van der Waals surface area contributed by atoms with Gasteiger partial charge in [-0.15, -0.1) is 0 Å². The summed E-state index contributed by atoms with van der Waals surface area (Å²) in [4.78, 5) is 55.4. The molecule has 308 valence electrons. The first-order valence-electron chi connectivity index (χ1n) is 22.5. The number of rotatable bonds is 8. The number of piperidine rings is 1. The largest absolute Gasteiger partial charge is 0.462 e. The molecule has 1 saturated heterocycles. The number of nitrogens with zero attached hydrogens (tertiary/aromatic N) is 1. The molecule has 0 bridgehead atoms. The molecule has 6 aliphatic carbocycles. The van der Waals surface area contributed by atoms with Gasteiger partial charge in [0, 0.05) is 35.9 Å². The molecule has 1 heterocycles. The molecule has 1 aliphatic heterocycles. The van der Waals surface area contributed by atoms with E-state index >= 15 is 4.79 Å². The van der Waals surface area contributed by atoms with Crippen LogP contribution in [0.1, 0.15) is 166 Å². The molecule has 12 atom stereocenters. The Kier molecular flexibility index (Phi) is 10.2. The van der Waals surface area contributed by atoms with Gasteiger partial charge in [-0.05, 0) is 148 Å². The Morgan fingerprint density at radius 1 is 0.818 bits per heavy atom. The molecule has 0 aromatic carbocycles. The Balaban J connectivity index is 1.11. The third kappa shape index (κ3) is 6.13. The number of esters is 1. The maximum atomic E-state index is 15.0. The van der Waals surface area contributed by atoms with E-state index < -0.39 is 5.41 Å².